The van der Waals surface area contributed by atoms with Crippen LogP contribution in [0, 0.1) is 11.3 Å². The molecule has 1 aromatic carbocycles. The quantitative estimate of drug-likeness (QED) is 0.846. The molecule has 24 heavy (non-hydrogen) atoms. The molecular weight excluding hydrogens is 324 g/mol. The molecule has 6 nitrogen and oxygen atoms in total. The number of piperazine rings is 1. The lowest BCUT2D eigenvalue weighted by Gasteiger charge is -2.31. The van der Waals surface area contributed by atoms with Gasteiger partial charge in [-0.1, -0.05) is 18.2 Å². The van der Waals surface area contributed by atoms with Crippen molar-refractivity contribution in [1.29, 1.82) is 5.26 Å². The zero-order chi connectivity index (χ0) is 17.2. The molecule has 0 saturated carbocycles. The number of likely N-dealkylation sites (N-methyl/N-ethyl adjacent to an activating group) is 1. The summed E-state index contributed by atoms with van der Waals surface area (Å²) >= 11 is 0. The van der Waals surface area contributed by atoms with Crippen LogP contribution in [0.1, 0.15) is 5.56 Å². The third kappa shape index (κ3) is 3.31. The molecule has 7 heteroatoms. The van der Waals surface area contributed by atoms with E-state index in [0.717, 1.165) is 5.56 Å². The third-order valence-electron chi connectivity index (χ3n) is 4.10. The molecule has 3 rings (SSSR count). The van der Waals surface area contributed by atoms with Crippen molar-refractivity contribution < 1.29 is 8.42 Å². The van der Waals surface area contributed by atoms with Gasteiger partial charge in [0, 0.05) is 31.7 Å². The summed E-state index contributed by atoms with van der Waals surface area (Å²) in [6, 6.07) is 14.0. The number of sulfonamides is 1. The number of rotatable bonds is 3. The van der Waals surface area contributed by atoms with Gasteiger partial charge in [0.1, 0.15) is 0 Å². The lowest BCUT2D eigenvalue weighted by molar-refractivity contribution is 0.222. The molecule has 0 N–H and O–H groups in total. The van der Waals surface area contributed by atoms with E-state index >= 15 is 0 Å². The fraction of sp³-hybridized carbons (Fsp3) is 0.294. The van der Waals surface area contributed by atoms with E-state index in [9.17, 15) is 8.42 Å². The normalized spacial score (nSPS) is 16.7. The number of hydrogen-bond acceptors (Lipinski definition) is 5. The summed E-state index contributed by atoms with van der Waals surface area (Å²) in [5.74, 6) is 0. The molecule has 0 bridgehead atoms. The highest BCUT2D eigenvalue weighted by Gasteiger charge is 2.28. The summed E-state index contributed by atoms with van der Waals surface area (Å²) in [4.78, 5) is 6.44. The number of hydrogen-bond donors (Lipinski definition) is 0. The predicted molar refractivity (Wildman–Crippen MR) is 90.6 cm³/mol. The molecule has 2 heterocycles. The first kappa shape index (κ1) is 16.6. The number of nitriles is 1. The summed E-state index contributed by atoms with van der Waals surface area (Å²) in [6.45, 7) is 2.38. The van der Waals surface area contributed by atoms with E-state index in [1.165, 1.54) is 10.4 Å². The Morgan fingerprint density at radius 3 is 2.33 bits per heavy atom. The molecule has 1 aliphatic heterocycles. The van der Waals surface area contributed by atoms with E-state index in [-0.39, 0.29) is 5.03 Å². The van der Waals surface area contributed by atoms with Crippen molar-refractivity contribution in [2.24, 2.45) is 0 Å². The molecule has 0 spiro atoms. The van der Waals surface area contributed by atoms with Crippen molar-refractivity contribution >= 4 is 10.0 Å². The summed E-state index contributed by atoms with van der Waals surface area (Å²) in [5, 5.41) is 8.92. The first-order valence-corrected chi connectivity index (χ1v) is 9.11. The third-order valence-corrected chi connectivity index (χ3v) is 5.90. The average Bonchev–Trinajstić information content (AvgIpc) is 2.62. The van der Waals surface area contributed by atoms with Crippen LogP contribution < -0.4 is 0 Å². The Hall–Kier alpha value is -2.27. The molecule has 0 atom stereocenters. The van der Waals surface area contributed by atoms with Crippen molar-refractivity contribution in [3.8, 4) is 17.3 Å². The molecule has 0 aliphatic carbocycles. The second kappa shape index (κ2) is 6.69. The Bertz CT molecular complexity index is 864. The number of nitrogens with zero attached hydrogens (tertiary/aromatic N) is 4. The van der Waals surface area contributed by atoms with Gasteiger partial charge in [0.05, 0.1) is 17.3 Å². The topological polar surface area (TPSA) is 77.3 Å². The Morgan fingerprint density at radius 1 is 1.04 bits per heavy atom. The van der Waals surface area contributed by atoms with E-state index in [0.29, 0.717) is 37.4 Å². The summed E-state index contributed by atoms with van der Waals surface area (Å²) in [6.07, 6.45) is 0. The molecular formula is C17H18N4O2S. The van der Waals surface area contributed by atoms with Gasteiger partial charge in [-0.25, -0.2) is 13.4 Å². The van der Waals surface area contributed by atoms with Gasteiger partial charge in [-0.2, -0.15) is 9.57 Å². The lowest BCUT2D eigenvalue weighted by atomic mass is 10.1. The van der Waals surface area contributed by atoms with Gasteiger partial charge < -0.3 is 4.90 Å². The van der Waals surface area contributed by atoms with E-state index in [1.807, 2.05) is 7.05 Å². The Morgan fingerprint density at radius 2 is 1.71 bits per heavy atom. The molecule has 1 fully saturated rings. The maximum absolute atomic E-state index is 12.8. The summed E-state index contributed by atoms with van der Waals surface area (Å²) in [7, 11) is -1.61. The first-order valence-electron chi connectivity index (χ1n) is 7.67. The van der Waals surface area contributed by atoms with E-state index in [4.69, 9.17) is 5.26 Å². The van der Waals surface area contributed by atoms with Crippen LogP contribution in [-0.2, 0) is 10.0 Å². The van der Waals surface area contributed by atoms with Crippen molar-refractivity contribution in [1.82, 2.24) is 14.2 Å². The van der Waals surface area contributed by atoms with Gasteiger partial charge in [-0.15, -0.1) is 0 Å². The van der Waals surface area contributed by atoms with Crippen molar-refractivity contribution in [2.75, 3.05) is 33.2 Å². The van der Waals surface area contributed by atoms with Crippen LogP contribution in [0.4, 0.5) is 0 Å². The van der Waals surface area contributed by atoms with Crippen LogP contribution in [0.5, 0.6) is 0 Å². The number of benzene rings is 1. The molecule has 2 aromatic rings. The van der Waals surface area contributed by atoms with Crippen LogP contribution >= 0.6 is 0 Å². The zero-order valence-electron chi connectivity index (χ0n) is 13.4. The van der Waals surface area contributed by atoms with Crippen LogP contribution in [0.25, 0.3) is 11.3 Å². The standard InChI is InChI=1S/C17H18N4O2S/c1-20-9-11-21(12-10-20)24(22,23)17-4-2-3-16(19-17)15-7-5-14(13-18)6-8-15/h2-8H,9-12H2,1H3. The number of aromatic nitrogens is 1. The average molecular weight is 342 g/mol. The molecule has 0 unspecified atom stereocenters. The van der Waals surface area contributed by atoms with Crippen molar-refractivity contribution in [3.63, 3.8) is 0 Å². The largest absolute Gasteiger partial charge is 0.304 e. The van der Waals surface area contributed by atoms with Gasteiger partial charge >= 0.3 is 0 Å². The van der Waals surface area contributed by atoms with Crippen LogP contribution in [-0.4, -0.2) is 55.8 Å². The van der Waals surface area contributed by atoms with Crippen LogP contribution in [0.15, 0.2) is 47.5 Å². The minimum Gasteiger partial charge on any atom is -0.304 e. The fourth-order valence-electron chi connectivity index (χ4n) is 2.60. The van der Waals surface area contributed by atoms with Crippen LogP contribution in [0.2, 0.25) is 0 Å². The second-order valence-corrected chi connectivity index (χ2v) is 7.64. The Labute approximate surface area is 142 Å². The molecule has 124 valence electrons. The number of pyridine rings is 1. The van der Waals surface area contributed by atoms with Gasteiger partial charge in [-0.05, 0) is 31.3 Å². The smallest absolute Gasteiger partial charge is 0.260 e. The summed E-state index contributed by atoms with van der Waals surface area (Å²) in [5.41, 5.74) is 1.92. The predicted octanol–water partition coefficient (Wildman–Crippen LogP) is 1.56. The van der Waals surface area contributed by atoms with Crippen LogP contribution in [0.3, 0.4) is 0 Å². The van der Waals surface area contributed by atoms with Crippen molar-refractivity contribution in [2.45, 2.75) is 5.03 Å². The van der Waals surface area contributed by atoms with E-state index < -0.39 is 10.0 Å². The summed E-state index contributed by atoms with van der Waals surface area (Å²) < 4.78 is 27.0. The van der Waals surface area contributed by atoms with Gasteiger partial charge in [0.25, 0.3) is 10.0 Å². The molecule has 1 saturated heterocycles. The second-order valence-electron chi connectivity index (χ2n) is 5.76. The monoisotopic (exact) mass is 342 g/mol. The zero-order valence-corrected chi connectivity index (χ0v) is 14.2. The van der Waals surface area contributed by atoms with Crippen molar-refractivity contribution in [3.05, 3.63) is 48.0 Å². The minimum absolute atomic E-state index is 0.0638. The molecule has 0 radical (unpaired) electrons. The lowest BCUT2D eigenvalue weighted by Crippen LogP contribution is -2.47. The Kier molecular flexibility index (Phi) is 4.62. The van der Waals surface area contributed by atoms with E-state index in [2.05, 4.69) is 16.0 Å². The maximum atomic E-state index is 12.8. The Balaban J connectivity index is 1.90. The highest BCUT2D eigenvalue weighted by atomic mass is 32.2. The molecule has 0 amide bonds. The molecule has 1 aromatic heterocycles. The highest BCUT2D eigenvalue weighted by molar-refractivity contribution is 7.89. The van der Waals surface area contributed by atoms with Gasteiger partial charge in [-0.3, -0.25) is 0 Å². The highest BCUT2D eigenvalue weighted by Crippen LogP contribution is 2.21. The SMILES string of the molecule is CN1CCN(S(=O)(=O)c2cccc(-c3ccc(C#N)cc3)n2)CC1. The minimum atomic E-state index is -3.59. The fourth-order valence-corrected chi connectivity index (χ4v) is 3.97. The first-order chi connectivity index (χ1) is 11.5. The van der Waals surface area contributed by atoms with Gasteiger partial charge in [0.15, 0.2) is 5.03 Å². The maximum Gasteiger partial charge on any atom is 0.260 e. The molecule has 1 aliphatic rings. The van der Waals surface area contributed by atoms with E-state index in [1.54, 1.807) is 36.4 Å². The van der Waals surface area contributed by atoms with Gasteiger partial charge in [0.2, 0.25) is 0 Å².